The van der Waals surface area contributed by atoms with Gasteiger partial charge < -0.3 is 0 Å². The fourth-order valence-corrected chi connectivity index (χ4v) is 2.30. The normalized spacial score (nSPS) is 15.8. The highest BCUT2D eigenvalue weighted by molar-refractivity contribution is 6.31. The zero-order chi connectivity index (χ0) is 26.0. The van der Waals surface area contributed by atoms with Gasteiger partial charge in [0.25, 0.3) is 0 Å². The van der Waals surface area contributed by atoms with Gasteiger partial charge in [-0.3, -0.25) is 0 Å². The topological polar surface area (TPSA) is 0 Å². The minimum atomic E-state index is -8.65. The third-order valence-corrected chi connectivity index (χ3v) is 4.26. The monoisotopic (exact) mass is 530 g/mol. The zero-order valence-corrected chi connectivity index (χ0v) is 14.9. The van der Waals surface area contributed by atoms with Crippen LogP contribution in [0.5, 0.6) is 0 Å². The van der Waals surface area contributed by atoms with Crippen LogP contribution in [-0.4, -0.2) is 41.7 Å². The maximum Gasteiger partial charge on any atom is 0.460 e. The Balaban J connectivity index is 3.74. The van der Waals surface area contributed by atoms with Gasteiger partial charge in [0.1, 0.15) is 0 Å². The van der Waals surface area contributed by atoms with Gasteiger partial charge in [0.2, 0.25) is 0 Å². The van der Waals surface area contributed by atoms with Crippen LogP contribution in [0.2, 0.25) is 5.02 Å². The molecule has 0 aliphatic carbocycles. The molecule has 0 aromatic heterocycles. The molecule has 0 bridgehead atoms. The highest BCUT2D eigenvalue weighted by atomic mass is 35.5. The molecule has 0 saturated heterocycles. The predicted molar refractivity (Wildman–Crippen MR) is 71.1 cm³/mol. The molecule has 0 spiro atoms. The van der Waals surface area contributed by atoms with Crippen molar-refractivity contribution in [3.8, 4) is 0 Å². The van der Waals surface area contributed by atoms with E-state index in [9.17, 15) is 74.6 Å². The molecule has 0 N–H and O–H groups in total. The van der Waals surface area contributed by atoms with Crippen LogP contribution in [0.4, 0.5) is 74.6 Å². The van der Waals surface area contributed by atoms with Crippen LogP contribution in [0, 0.1) is 0 Å². The van der Waals surface area contributed by atoms with Crippen molar-refractivity contribution in [2.75, 3.05) is 0 Å². The van der Waals surface area contributed by atoms with Crippen LogP contribution in [0.1, 0.15) is 5.56 Å². The lowest BCUT2D eigenvalue weighted by molar-refractivity contribution is -0.462. The van der Waals surface area contributed by atoms with Crippen LogP contribution < -0.4 is 0 Å². The molecule has 0 aliphatic heterocycles. The van der Waals surface area contributed by atoms with E-state index in [1.165, 1.54) is 0 Å². The second-order valence-corrected chi connectivity index (χ2v) is 6.41. The lowest BCUT2D eigenvalue weighted by Gasteiger charge is -2.42. The Morgan fingerprint density at radius 2 is 0.750 bits per heavy atom. The van der Waals surface area contributed by atoms with E-state index in [0.29, 0.717) is 18.2 Å². The van der Waals surface area contributed by atoms with Crippen molar-refractivity contribution in [1.29, 1.82) is 0 Å². The zero-order valence-electron chi connectivity index (χ0n) is 14.1. The highest BCUT2D eigenvalue weighted by Crippen LogP contribution is 2.65. The average molecular weight is 531 g/mol. The molecule has 186 valence electrons. The van der Waals surface area contributed by atoms with Crippen molar-refractivity contribution in [3.05, 3.63) is 34.9 Å². The van der Waals surface area contributed by atoms with Gasteiger partial charge in [-0.15, -0.1) is 0 Å². The molecular formula is C14H4ClF17. The number of halogens is 18. The first-order valence-electron chi connectivity index (χ1n) is 7.23. The Bertz CT molecular complexity index is 838. The molecule has 0 heterocycles. The SMILES string of the molecule is FC(F)(F)C(F)(F)C(F)(F)C(F)(F)C(F)(F)C(F)(F)C(F)(F)C(F)(F)c1ccccc1Cl. The number of rotatable bonds is 7. The summed E-state index contributed by atoms with van der Waals surface area (Å²) in [6.45, 7) is 0. The highest BCUT2D eigenvalue weighted by Gasteiger charge is 2.95. The fourth-order valence-electron chi connectivity index (χ4n) is 2.05. The quantitative estimate of drug-likeness (QED) is 0.316. The Kier molecular flexibility index (Phi) is 6.57. The molecule has 1 aromatic rings. The summed E-state index contributed by atoms with van der Waals surface area (Å²) in [5.74, 6) is -56.8. The van der Waals surface area contributed by atoms with Gasteiger partial charge in [0, 0.05) is 10.6 Å². The third-order valence-electron chi connectivity index (χ3n) is 3.93. The predicted octanol–water partition coefficient (Wildman–Crippen LogP) is 7.81. The molecule has 0 radical (unpaired) electrons. The van der Waals surface area contributed by atoms with Gasteiger partial charge >= 0.3 is 47.6 Å². The van der Waals surface area contributed by atoms with E-state index in [1.54, 1.807) is 0 Å². The number of alkyl halides is 17. The van der Waals surface area contributed by atoms with Crippen LogP contribution >= 0.6 is 11.6 Å². The van der Waals surface area contributed by atoms with Gasteiger partial charge in [-0.1, -0.05) is 29.8 Å². The van der Waals surface area contributed by atoms with E-state index >= 15 is 0 Å². The van der Waals surface area contributed by atoms with Gasteiger partial charge in [0.15, 0.2) is 0 Å². The number of hydrogen-bond donors (Lipinski definition) is 0. The number of benzene rings is 1. The van der Waals surface area contributed by atoms with Crippen LogP contribution in [0.15, 0.2) is 24.3 Å². The molecule has 0 unspecified atom stereocenters. The van der Waals surface area contributed by atoms with Crippen LogP contribution in [0.25, 0.3) is 0 Å². The van der Waals surface area contributed by atoms with Gasteiger partial charge in [0.05, 0.1) is 0 Å². The molecule has 0 saturated carbocycles. The Hall–Kier alpha value is -1.68. The maximum absolute atomic E-state index is 13.9. The van der Waals surface area contributed by atoms with Crippen LogP contribution in [0.3, 0.4) is 0 Å². The van der Waals surface area contributed by atoms with Crippen molar-refractivity contribution in [2.45, 2.75) is 47.6 Å². The van der Waals surface area contributed by atoms with E-state index in [2.05, 4.69) is 0 Å². The summed E-state index contributed by atoms with van der Waals surface area (Å²) in [7, 11) is 0. The van der Waals surface area contributed by atoms with E-state index in [4.69, 9.17) is 11.6 Å². The lowest BCUT2D eigenvalue weighted by Crippen LogP contribution is -2.74. The number of hydrogen-bond acceptors (Lipinski definition) is 0. The molecular weight excluding hydrogens is 527 g/mol. The Morgan fingerprint density at radius 3 is 1.09 bits per heavy atom. The van der Waals surface area contributed by atoms with E-state index in [0.717, 1.165) is 0 Å². The lowest BCUT2D eigenvalue weighted by atomic mass is 9.87. The first-order valence-corrected chi connectivity index (χ1v) is 7.61. The second kappa shape index (κ2) is 7.41. The molecule has 1 aromatic carbocycles. The largest absolute Gasteiger partial charge is 0.460 e. The average Bonchev–Trinajstić information content (AvgIpc) is 2.59. The summed E-state index contributed by atoms with van der Waals surface area (Å²) in [4.78, 5) is 0. The molecule has 0 aliphatic rings. The summed E-state index contributed by atoms with van der Waals surface area (Å²) in [6, 6.07) is 1.19. The van der Waals surface area contributed by atoms with Crippen LogP contribution in [-0.2, 0) is 5.92 Å². The molecule has 0 amide bonds. The van der Waals surface area contributed by atoms with Gasteiger partial charge in [-0.2, -0.15) is 74.6 Å². The van der Waals surface area contributed by atoms with Crippen molar-refractivity contribution in [1.82, 2.24) is 0 Å². The molecule has 0 atom stereocenters. The van der Waals surface area contributed by atoms with E-state index in [-0.39, 0.29) is 6.07 Å². The van der Waals surface area contributed by atoms with Crippen molar-refractivity contribution < 1.29 is 74.6 Å². The third kappa shape index (κ3) is 3.45. The first-order chi connectivity index (χ1) is 13.8. The molecule has 32 heavy (non-hydrogen) atoms. The Morgan fingerprint density at radius 1 is 0.438 bits per heavy atom. The molecule has 0 nitrogen and oxygen atoms in total. The maximum atomic E-state index is 13.9. The molecule has 1 rings (SSSR count). The first kappa shape index (κ1) is 28.4. The van der Waals surface area contributed by atoms with Crippen molar-refractivity contribution in [3.63, 3.8) is 0 Å². The summed E-state index contributed by atoms with van der Waals surface area (Å²) in [5.41, 5.74) is -2.42. The van der Waals surface area contributed by atoms with Crippen molar-refractivity contribution in [2.24, 2.45) is 0 Å². The fraction of sp³-hybridized carbons (Fsp3) is 0.571. The molecule has 18 heteroatoms. The summed E-state index contributed by atoms with van der Waals surface area (Å²) >= 11 is 5.01. The molecule has 0 fully saturated rings. The second-order valence-electron chi connectivity index (χ2n) is 6.00. The minimum Gasteiger partial charge on any atom is -0.194 e. The smallest absolute Gasteiger partial charge is 0.194 e. The van der Waals surface area contributed by atoms with Gasteiger partial charge in [-0.05, 0) is 6.07 Å². The van der Waals surface area contributed by atoms with Gasteiger partial charge in [-0.25, -0.2) is 0 Å². The summed E-state index contributed by atoms with van der Waals surface area (Å²) < 4.78 is 224. The van der Waals surface area contributed by atoms with Crippen molar-refractivity contribution >= 4 is 11.6 Å². The summed E-state index contributed by atoms with van der Waals surface area (Å²) in [5, 5.41) is -1.54. The van der Waals surface area contributed by atoms with E-state index < -0.39 is 58.2 Å². The van der Waals surface area contributed by atoms with E-state index in [1.807, 2.05) is 0 Å². The standard InChI is InChI=1S/C14H4ClF17/c15-6-4-2-1-3-5(6)7(16,17)8(18,19)9(20,21)10(22,23)11(24,25)12(26,27)13(28,29)14(30,31)32/h1-4H. The Labute approximate surface area is 169 Å². The summed E-state index contributed by atoms with van der Waals surface area (Å²) in [6.07, 6.45) is -7.78. The minimum absolute atomic E-state index is 0.199.